The van der Waals surface area contributed by atoms with Crippen molar-refractivity contribution in [2.75, 3.05) is 66.4 Å². The Balaban J connectivity index is 2.88. The zero-order valence-corrected chi connectivity index (χ0v) is 12.2. The van der Waals surface area contributed by atoms with Gasteiger partial charge in [0.2, 0.25) is 0 Å². The normalized spacial score (nSPS) is 11.1. The summed E-state index contributed by atoms with van der Waals surface area (Å²) >= 11 is 0. The molecule has 0 radical (unpaired) electrons. The summed E-state index contributed by atoms with van der Waals surface area (Å²) in [6, 6.07) is 0. The van der Waals surface area contributed by atoms with Gasteiger partial charge in [0.25, 0.3) is 0 Å². The van der Waals surface area contributed by atoms with E-state index in [-0.39, 0.29) is 13.6 Å². The molecule has 0 amide bonds. The average molecular weight is 280 g/mol. The maximum absolute atomic E-state index is 5.30. The highest BCUT2D eigenvalue weighted by Crippen LogP contribution is 1.85. The van der Waals surface area contributed by atoms with Crippen LogP contribution in [0.15, 0.2) is 0 Å². The molecule has 0 bridgehead atoms. The van der Waals surface area contributed by atoms with Crippen LogP contribution in [-0.4, -0.2) is 66.4 Å². The van der Waals surface area contributed by atoms with Crippen LogP contribution in [0.4, 0.5) is 0 Å². The predicted molar refractivity (Wildman–Crippen MR) is 71.1 cm³/mol. The Labute approximate surface area is 116 Å². The summed E-state index contributed by atoms with van der Waals surface area (Å²) < 4.78 is 31.1. The smallest absolute Gasteiger partial charge is 0.149 e. The maximum atomic E-state index is 5.30. The number of ether oxygens (including phenoxy) is 6. The molecular formula is C13H28O6. The lowest BCUT2D eigenvalue weighted by Gasteiger charge is -2.07. The second-order valence-corrected chi connectivity index (χ2v) is 3.68. The van der Waals surface area contributed by atoms with E-state index in [9.17, 15) is 0 Å². The lowest BCUT2D eigenvalue weighted by atomic mass is 10.5. The van der Waals surface area contributed by atoms with E-state index < -0.39 is 0 Å². The van der Waals surface area contributed by atoms with Gasteiger partial charge in [0.05, 0.1) is 39.6 Å². The standard InChI is InChI=1S/C13H28O6/c1-3-5-15-7-8-16-9-11-18-13-19-12-17-10-6-14-4-2/h3-13H2,1-2H3. The molecule has 0 aliphatic heterocycles. The summed E-state index contributed by atoms with van der Waals surface area (Å²) in [6.45, 7) is 9.37. The van der Waals surface area contributed by atoms with E-state index in [1.165, 1.54) is 0 Å². The first-order valence-corrected chi connectivity index (χ1v) is 6.88. The fourth-order valence-electron chi connectivity index (χ4n) is 1.12. The molecule has 6 nitrogen and oxygen atoms in total. The van der Waals surface area contributed by atoms with Crippen molar-refractivity contribution >= 4 is 0 Å². The van der Waals surface area contributed by atoms with Gasteiger partial charge in [-0.15, -0.1) is 0 Å². The molecule has 0 unspecified atom stereocenters. The Morgan fingerprint density at radius 1 is 0.474 bits per heavy atom. The minimum Gasteiger partial charge on any atom is -0.379 e. The van der Waals surface area contributed by atoms with Crippen LogP contribution in [0.5, 0.6) is 0 Å². The van der Waals surface area contributed by atoms with Crippen molar-refractivity contribution in [3.05, 3.63) is 0 Å². The molecule has 0 saturated heterocycles. The Morgan fingerprint density at radius 2 is 0.947 bits per heavy atom. The molecule has 0 saturated carbocycles. The molecule has 0 rings (SSSR count). The number of rotatable bonds is 16. The van der Waals surface area contributed by atoms with Crippen molar-refractivity contribution in [2.45, 2.75) is 20.3 Å². The van der Waals surface area contributed by atoms with E-state index >= 15 is 0 Å². The Hall–Kier alpha value is -0.240. The summed E-state index contributed by atoms with van der Waals surface area (Å²) in [5.41, 5.74) is 0. The SMILES string of the molecule is CCCOCCOCCOCOCOCCOCC. The second-order valence-electron chi connectivity index (χ2n) is 3.68. The van der Waals surface area contributed by atoms with Crippen LogP contribution in [0, 0.1) is 0 Å². The van der Waals surface area contributed by atoms with Gasteiger partial charge < -0.3 is 28.4 Å². The van der Waals surface area contributed by atoms with Crippen LogP contribution in [-0.2, 0) is 28.4 Å². The van der Waals surface area contributed by atoms with Gasteiger partial charge in [0.1, 0.15) is 13.6 Å². The topological polar surface area (TPSA) is 55.4 Å². The van der Waals surface area contributed by atoms with Crippen LogP contribution in [0.25, 0.3) is 0 Å². The molecule has 0 heterocycles. The van der Waals surface area contributed by atoms with E-state index in [1.807, 2.05) is 6.92 Å². The third-order valence-corrected chi connectivity index (χ3v) is 2.00. The molecule has 0 atom stereocenters. The molecule has 0 N–H and O–H groups in total. The third kappa shape index (κ3) is 17.8. The summed E-state index contributed by atoms with van der Waals surface area (Å²) in [5.74, 6) is 0. The number of hydrogen-bond donors (Lipinski definition) is 0. The largest absolute Gasteiger partial charge is 0.379 e. The van der Waals surface area contributed by atoms with E-state index in [4.69, 9.17) is 28.4 Å². The fourth-order valence-corrected chi connectivity index (χ4v) is 1.12. The van der Waals surface area contributed by atoms with Crippen LogP contribution < -0.4 is 0 Å². The van der Waals surface area contributed by atoms with E-state index in [1.54, 1.807) is 0 Å². The van der Waals surface area contributed by atoms with Gasteiger partial charge in [0, 0.05) is 13.2 Å². The van der Waals surface area contributed by atoms with Gasteiger partial charge in [-0.25, -0.2) is 0 Å². The van der Waals surface area contributed by atoms with Crippen LogP contribution >= 0.6 is 0 Å². The van der Waals surface area contributed by atoms with Gasteiger partial charge >= 0.3 is 0 Å². The summed E-state index contributed by atoms with van der Waals surface area (Å²) in [5, 5.41) is 0. The first-order chi connectivity index (χ1) is 9.41. The fraction of sp³-hybridized carbons (Fsp3) is 1.00. The van der Waals surface area contributed by atoms with Crippen molar-refractivity contribution < 1.29 is 28.4 Å². The Bertz CT molecular complexity index is 140. The second kappa shape index (κ2) is 17.8. The number of hydrogen-bond acceptors (Lipinski definition) is 6. The van der Waals surface area contributed by atoms with E-state index in [0.717, 1.165) is 13.0 Å². The lowest BCUT2D eigenvalue weighted by molar-refractivity contribution is -0.141. The van der Waals surface area contributed by atoms with Crippen LogP contribution in [0.3, 0.4) is 0 Å². The van der Waals surface area contributed by atoms with Gasteiger partial charge in [-0.1, -0.05) is 6.92 Å². The summed E-state index contributed by atoms with van der Waals surface area (Å²) in [6.07, 6.45) is 1.03. The summed E-state index contributed by atoms with van der Waals surface area (Å²) in [7, 11) is 0. The molecule has 0 aromatic heterocycles. The molecular weight excluding hydrogens is 252 g/mol. The van der Waals surface area contributed by atoms with E-state index in [2.05, 4.69) is 6.92 Å². The molecule has 0 aliphatic rings. The maximum Gasteiger partial charge on any atom is 0.149 e. The van der Waals surface area contributed by atoms with Crippen molar-refractivity contribution in [1.82, 2.24) is 0 Å². The highest BCUT2D eigenvalue weighted by Gasteiger charge is 1.92. The van der Waals surface area contributed by atoms with Crippen molar-refractivity contribution in [3.8, 4) is 0 Å². The van der Waals surface area contributed by atoms with Gasteiger partial charge in [0.15, 0.2) is 0 Å². The minimum atomic E-state index is 0.213. The van der Waals surface area contributed by atoms with Crippen molar-refractivity contribution in [2.24, 2.45) is 0 Å². The van der Waals surface area contributed by atoms with Gasteiger partial charge in [-0.05, 0) is 13.3 Å². The minimum absolute atomic E-state index is 0.213. The van der Waals surface area contributed by atoms with Gasteiger partial charge in [-0.3, -0.25) is 0 Å². The monoisotopic (exact) mass is 280 g/mol. The predicted octanol–water partition coefficient (Wildman–Crippen LogP) is 1.43. The highest BCUT2D eigenvalue weighted by molar-refractivity contribution is 4.32. The molecule has 0 aliphatic carbocycles. The first kappa shape index (κ1) is 18.8. The zero-order chi connectivity index (χ0) is 14.0. The van der Waals surface area contributed by atoms with Gasteiger partial charge in [-0.2, -0.15) is 0 Å². The van der Waals surface area contributed by atoms with Crippen LogP contribution in [0.2, 0.25) is 0 Å². The summed E-state index contributed by atoms with van der Waals surface area (Å²) in [4.78, 5) is 0. The molecule has 0 aromatic rings. The first-order valence-electron chi connectivity index (χ1n) is 6.88. The van der Waals surface area contributed by atoms with Crippen molar-refractivity contribution in [3.63, 3.8) is 0 Å². The Kier molecular flexibility index (Phi) is 17.5. The molecule has 19 heavy (non-hydrogen) atoms. The van der Waals surface area contributed by atoms with E-state index in [0.29, 0.717) is 46.2 Å². The van der Waals surface area contributed by atoms with Crippen LogP contribution in [0.1, 0.15) is 20.3 Å². The quantitative estimate of drug-likeness (QED) is 0.315. The Morgan fingerprint density at radius 3 is 1.47 bits per heavy atom. The third-order valence-electron chi connectivity index (χ3n) is 2.00. The molecule has 6 heteroatoms. The van der Waals surface area contributed by atoms with Crippen molar-refractivity contribution in [1.29, 1.82) is 0 Å². The molecule has 0 spiro atoms. The zero-order valence-electron chi connectivity index (χ0n) is 12.2. The molecule has 116 valence electrons. The highest BCUT2D eigenvalue weighted by atomic mass is 16.7. The lowest BCUT2D eigenvalue weighted by Crippen LogP contribution is -2.12. The average Bonchev–Trinajstić information content (AvgIpc) is 2.43. The molecule has 0 fully saturated rings. The molecule has 0 aromatic carbocycles.